The summed E-state index contributed by atoms with van der Waals surface area (Å²) in [6, 6.07) is 8.30. The molecule has 4 rings (SSSR count). The van der Waals surface area contributed by atoms with Gasteiger partial charge in [0.15, 0.2) is 0 Å². The molecule has 1 saturated carbocycles. The van der Waals surface area contributed by atoms with Gasteiger partial charge < -0.3 is 4.74 Å². The second-order valence-corrected chi connectivity index (χ2v) is 9.25. The minimum atomic E-state index is -4.59. The van der Waals surface area contributed by atoms with Gasteiger partial charge >= 0.3 is 12.3 Å². The maximum absolute atomic E-state index is 13.8. The number of hydrogen-bond acceptors (Lipinski definition) is 5. The van der Waals surface area contributed by atoms with Crippen LogP contribution in [0.5, 0.6) is 0 Å². The highest BCUT2D eigenvalue weighted by Gasteiger charge is 2.55. The Morgan fingerprint density at radius 2 is 1.88 bits per heavy atom. The summed E-state index contributed by atoms with van der Waals surface area (Å²) in [5.74, 6) is 0.178. The molecular formula is C23H24F3N3O3S. The first-order valence-corrected chi connectivity index (χ1v) is 11.8. The average molecular weight is 480 g/mol. The van der Waals surface area contributed by atoms with Crippen LogP contribution in [0.2, 0.25) is 0 Å². The molecule has 176 valence electrons. The molecule has 1 saturated heterocycles. The molecule has 1 aromatic carbocycles. The summed E-state index contributed by atoms with van der Waals surface area (Å²) in [4.78, 5) is 31.1. The van der Waals surface area contributed by atoms with Gasteiger partial charge in [-0.3, -0.25) is 4.79 Å². The molecule has 2 fully saturated rings. The van der Waals surface area contributed by atoms with Crippen LogP contribution in [0, 0.1) is 0 Å². The first-order valence-electron chi connectivity index (χ1n) is 10.8. The van der Waals surface area contributed by atoms with Crippen LogP contribution in [-0.2, 0) is 17.5 Å². The maximum Gasteiger partial charge on any atom is 0.431 e. The van der Waals surface area contributed by atoms with E-state index < -0.39 is 36.0 Å². The molecule has 2 aromatic rings. The fourth-order valence-corrected chi connectivity index (χ4v) is 5.14. The van der Waals surface area contributed by atoms with Crippen LogP contribution in [0.25, 0.3) is 0 Å². The highest BCUT2D eigenvalue weighted by molar-refractivity contribution is 7.99. The Kier molecular flexibility index (Phi) is 6.56. The molecule has 0 radical (unpaired) electrons. The van der Waals surface area contributed by atoms with Crippen molar-refractivity contribution in [1.82, 2.24) is 15.0 Å². The lowest BCUT2D eigenvalue weighted by atomic mass is 9.91. The number of pyridine rings is 1. The largest absolute Gasteiger partial charge is 0.431 e. The molecule has 1 aliphatic carbocycles. The quantitative estimate of drug-likeness (QED) is 0.501. The second kappa shape index (κ2) is 9.24. The van der Waals surface area contributed by atoms with E-state index in [1.54, 1.807) is 18.3 Å². The number of aromatic nitrogens is 1. The van der Waals surface area contributed by atoms with Gasteiger partial charge in [0.05, 0.1) is 17.7 Å². The van der Waals surface area contributed by atoms with Crippen molar-refractivity contribution in [3.63, 3.8) is 0 Å². The van der Waals surface area contributed by atoms with Gasteiger partial charge in [-0.25, -0.2) is 19.8 Å². The van der Waals surface area contributed by atoms with Gasteiger partial charge in [-0.15, -0.1) is 11.8 Å². The van der Waals surface area contributed by atoms with Crippen molar-refractivity contribution >= 4 is 23.8 Å². The predicted octanol–water partition coefficient (Wildman–Crippen LogP) is 5.88. The topological polar surface area (TPSA) is 62.7 Å². The summed E-state index contributed by atoms with van der Waals surface area (Å²) in [6.07, 6.45) is -0.559. The van der Waals surface area contributed by atoms with E-state index in [1.165, 1.54) is 35.0 Å². The molecule has 0 unspecified atom stereocenters. The molecule has 2 heterocycles. The van der Waals surface area contributed by atoms with Gasteiger partial charge in [-0.05, 0) is 42.4 Å². The number of ether oxygens (including phenoxy) is 1. The summed E-state index contributed by atoms with van der Waals surface area (Å²) in [7, 11) is 0. The first-order chi connectivity index (χ1) is 15.8. The Hall–Kier alpha value is -2.75. The zero-order chi connectivity index (χ0) is 23.6. The van der Waals surface area contributed by atoms with E-state index in [9.17, 15) is 22.8 Å². The van der Waals surface area contributed by atoms with Crippen LogP contribution < -0.4 is 0 Å². The number of nitrogens with zero attached hydrogens (tertiary/aromatic N) is 3. The van der Waals surface area contributed by atoms with Crippen molar-refractivity contribution < 1.29 is 27.5 Å². The predicted molar refractivity (Wildman–Crippen MR) is 116 cm³/mol. The molecule has 0 atom stereocenters. The number of carbonyl (C=O) groups is 2. The number of thioether (sulfide) groups is 1. The SMILES string of the molecule is CCSc1ncccc1C(=O)N1N(Cc2ccccc2C(F)(F)F)C(=O)OC12CCCCC2. The molecule has 33 heavy (non-hydrogen) atoms. The second-order valence-electron chi connectivity index (χ2n) is 7.99. The van der Waals surface area contributed by atoms with Crippen LogP contribution in [0.4, 0.5) is 18.0 Å². The minimum absolute atomic E-state index is 0.109. The van der Waals surface area contributed by atoms with Crippen LogP contribution >= 0.6 is 11.8 Å². The third-order valence-corrected chi connectivity index (χ3v) is 6.76. The molecule has 2 aliphatic rings. The lowest BCUT2D eigenvalue weighted by molar-refractivity contribution is -0.139. The molecule has 10 heteroatoms. The van der Waals surface area contributed by atoms with Crippen LogP contribution in [0.1, 0.15) is 60.5 Å². The van der Waals surface area contributed by atoms with E-state index in [2.05, 4.69) is 4.98 Å². The molecule has 1 spiro atoms. The normalized spacial score (nSPS) is 18.0. The molecule has 0 bridgehead atoms. The fraction of sp³-hybridized carbons (Fsp3) is 0.435. The summed E-state index contributed by atoms with van der Waals surface area (Å²) < 4.78 is 46.5. The zero-order valence-corrected chi connectivity index (χ0v) is 18.9. The van der Waals surface area contributed by atoms with E-state index in [0.29, 0.717) is 29.2 Å². The Balaban J connectivity index is 1.77. The number of amides is 2. The van der Waals surface area contributed by atoms with Crippen molar-refractivity contribution in [3.8, 4) is 0 Å². The first kappa shape index (κ1) is 23.4. The Morgan fingerprint density at radius 1 is 1.15 bits per heavy atom. The van der Waals surface area contributed by atoms with E-state index >= 15 is 0 Å². The highest BCUT2D eigenvalue weighted by atomic mass is 32.2. The van der Waals surface area contributed by atoms with E-state index in [1.807, 2.05) is 6.92 Å². The van der Waals surface area contributed by atoms with Gasteiger partial charge in [0, 0.05) is 19.0 Å². The summed E-state index contributed by atoms with van der Waals surface area (Å²) >= 11 is 1.38. The van der Waals surface area contributed by atoms with Crippen molar-refractivity contribution in [1.29, 1.82) is 0 Å². The Morgan fingerprint density at radius 3 is 2.58 bits per heavy atom. The van der Waals surface area contributed by atoms with Crippen molar-refractivity contribution in [2.75, 3.05) is 5.75 Å². The average Bonchev–Trinajstić information content (AvgIpc) is 3.04. The van der Waals surface area contributed by atoms with E-state index in [-0.39, 0.29) is 5.56 Å². The van der Waals surface area contributed by atoms with Gasteiger partial charge in [-0.1, -0.05) is 31.5 Å². The molecule has 0 N–H and O–H groups in total. The number of halogens is 3. The van der Waals surface area contributed by atoms with Crippen LogP contribution in [-0.4, -0.2) is 38.5 Å². The van der Waals surface area contributed by atoms with Crippen molar-refractivity contribution in [3.05, 3.63) is 59.3 Å². The zero-order valence-electron chi connectivity index (χ0n) is 18.1. The number of benzene rings is 1. The molecule has 1 aromatic heterocycles. The van der Waals surface area contributed by atoms with E-state index in [0.717, 1.165) is 30.3 Å². The van der Waals surface area contributed by atoms with Crippen molar-refractivity contribution in [2.24, 2.45) is 0 Å². The van der Waals surface area contributed by atoms with Gasteiger partial charge in [-0.2, -0.15) is 13.2 Å². The van der Waals surface area contributed by atoms with E-state index in [4.69, 9.17) is 4.74 Å². The summed E-state index contributed by atoms with van der Waals surface area (Å²) in [5.41, 5.74) is -1.87. The molecule has 6 nitrogen and oxygen atoms in total. The van der Waals surface area contributed by atoms with Crippen LogP contribution in [0.3, 0.4) is 0 Å². The minimum Gasteiger partial charge on any atom is -0.419 e. The van der Waals surface area contributed by atoms with Crippen LogP contribution in [0.15, 0.2) is 47.6 Å². The third-order valence-electron chi connectivity index (χ3n) is 5.87. The Labute approximate surface area is 194 Å². The maximum atomic E-state index is 13.8. The molecule has 2 amide bonds. The number of hydrogen-bond donors (Lipinski definition) is 0. The number of rotatable bonds is 5. The number of alkyl halides is 3. The lowest BCUT2D eigenvalue weighted by Crippen LogP contribution is -2.54. The monoisotopic (exact) mass is 479 g/mol. The van der Waals surface area contributed by atoms with Gasteiger partial charge in [0.1, 0.15) is 5.03 Å². The van der Waals surface area contributed by atoms with Gasteiger partial charge in [0.25, 0.3) is 5.91 Å². The van der Waals surface area contributed by atoms with Gasteiger partial charge in [0.2, 0.25) is 5.72 Å². The lowest BCUT2D eigenvalue weighted by Gasteiger charge is -2.40. The fourth-order valence-electron chi connectivity index (χ4n) is 4.42. The summed E-state index contributed by atoms with van der Waals surface area (Å²) in [5, 5.41) is 2.77. The number of hydrazine groups is 1. The molecular weight excluding hydrogens is 455 g/mol. The smallest absolute Gasteiger partial charge is 0.419 e. The molecule has 1 aliphatic heterocycles. The highest BCUT2D eigenvalue weighted by Crippen LogP contribution is 2.43. The Bertz CT molecular complexity index is 1040. The number of carbonyl (C=O) groups excluding carboxylic acids is 2. The summed E-state index contributed by atoms with van der Waals surface area (Å²) in [6.45, 7) is 1.50. The van der Waals surface area contributed by atoms with Crippen molar-refractivity contribution in [2.45, 2.75) is 62.5 Å². The standard InChI is InChI=1S/C23H24F3N3O3S/c1-2-33-19-17(10-8-14-27-19)20(30)29-22(12-6-3-7-13-22)32-21(31)28(29)15-16-9-4-5-11-18(16)23(24,25)26/h4-5,8-11,14H,2-3,6-7,12-13,15H2,1H3. The third kappa shape index (κ3) is 4.53.